The topological polar surface area (TPSA) is 0 Å². The average Bonchev–Trinajstić information content (AvgIpc) is 3.69. The summed E-state index contributed by atoms with van der Waals surface area (Å²) in [6.07, 6.45) is 14.8. The zero-order valence-corrected chi connectivity index (χ0v) is 27.9. The normalized spacial score (nSPS) is 24.3. The van der Waals surface area contributed by atoms with E-state index in [0.717, 1.165) is 48.3 Å². The second-order valence-corrected chi connectivity index (χ2v) is 15.1. The molecule has 0 spiro atoms. The summed E-state index contributed by atoms with van der Waals surface area (Å²) in [5.74, 6) is 36.6. The van der Waals surface area contributed by atoms with Crippen molar-refractivity contribution in [2.45, 2.75) is 127 Å². The predicted octanol–water partition coefficient (Wildman–Crippen LogP) is 7.59. The van der Waals surface area contributed by atoms with Crippen LogP contribution in [0.5, 0.6) is 0 Å². The van der Waals surface area contributed by atoms with Crippen LogP contribution in [0.1, 0.15) is 105 Å². The van der Waals surface area contributed by atoms with Crippen molar-refractivity contribution in [3.63, 3.8) is 0 Å². The van der Waals surface area contributed by atoms with Crippen LogP contribution in [0.3, 0.4) is 0 Å². The van der Waals surface area contributed by atoms with Crippen LogP contribution in [0.4, 0.5) is 0 Å². The largest absolute Gasteiger partial charge is 2.00 e. The monoisotopic (exact) mass is 669 g/mol. The van der Waals surface area contributed by atoms with Crippen molar-refractivity contribution in [1.82, 2.24) is 0 Å². The molecule has 0 unspecified atom stereocenters. The number of hydrogen-bond donors (Lipinski definition) is 0. The minimum absolute atomic E-state index is 0. The summed E-state index contributed by atoms with van der Waals surface area (Å²) in [7, 11) is -0.00772. The van der Waals surface area contributed by atoms with Gasteiger partial charge in [0.25, 0.3) is 0 Å². The molecule has 1 radical (unpaired) electrons. The van der Waals surface area contributed by atoms with Gasteiger partial charge in [-0.3, -0.25) is 0 Å². The molecule has 5 rings (SSSR count). The maximum atomic E-state index is 3.20. The van der Waals surface area contributed by atoms with E-state index in [9.17, 15) is 0 Å². The van der Waals surface area contributed by atoms with Crippen LogP contribution in [0.2, 0.25) is 0 Å². The third kappa shape index (κ3) is 10.1. The van der Waals surface area contributed by atoms with E-state index in [2.05, 4.69) is 98.7 Å². The Morgan fingerprint density at radius 3 is 0.947 bits per heavy atom. The summed E-state index contributed by atoms with van der Waals surface area (Å²) in [6.45, 7) is 9.26. The van der Waals surface area contributed by atoms with Crippen LogP contribution in [0.15, 0.2) is 0 Å². The first-order valence-electron chi connectivity index (χ1n) is 14.0. The third-order valence-corrected chi connectivity index (χ3v) is 14.6. The van der Waals surface area contributed by atoms with Crippen molar-refractivity contribution in [2.75, 3.05) is 0 Å². The van der Waals surface area contributed by atoms with E-state index in [0.29, 0.717) is 0 Å². The zero-order chi connectivity index (χ0) is 25.6. The minimum Gasteiger partial charge on any atom is -0.102 e. The first-order chi connectivity index (χ1) is 17.7. The number of hydrogen-bond acceptors (Lipinski definition) is 0. The molecule has 4 atom stereocenters. The molecule has 2 aliphatic heterocycles. The van der Waals surface area contributed by atoms with E-state index in [1.54, 1.807) is 0 Å². The van der Waals surface area contributed by atoms with Crippen molar-refractivity contribution < 1.29 is 36.5 Å². The molecule has 0 nitrogen and oxygen atoms in total. The molecule has 5 aliphatic rings. The summed E-state index contributed by atoms with van der Waals surface area (Å²) >= 11 is 0. The van der Waals surface area contributed by atoms with E-state index in [1.165, 1.54) is 62.0 Å². The summed E-state index contributed by atoms with van der Waals surface area (Å²) < 4.78 is 0. The van der Waals surface area contributed by atoms with Gasteiger partial charge in [-0.1, -0.05) is 27.7 Å². The van der Waals surface area contributed by atoms with Crippen LogP contribution >= 0.6 is 15.1 Å². The quantitative estimate of drug-likeness (QED) is 0.165. The van der Waals surface area contributed by atoms with Gasteiger partial charge in [-0.15, -0.1) is 23.7 Å². The van der Waals surface area contributed by atoms with Gasteiger partial charge in [-0.2, -0.15) is 0 Å². The van der Waals surface area contributed by atoms with Crippen molar-refractivity contribution in [3.05, 3.63) is 0 Å². The standard InChI is InChI=1S/2C13H16P.C8H8.Fe.Rh/c2*1-3-11-9-10-12(4-2)14(11)13-7-5-6-8-13;1-2-4-6-8-7-5-3-1;;/h2*11-12H,3-4,9-10H2,1-2H3;1-2,7-8H2;;/q2*+1;;+2;/t2*11-,12-;;;/m11.../s1. The fraction of sp³-hybridized carbons (Fsp3) is 0.588. The van der Waals surface area contributed by atoms with Gasteiger partial charge in [0.2, 0.25) is 10.6 Å². The SMILES string of the molecule is C1#CCCC#CCC1.CC[C@@H]1CC[C@@H](CC)[P+]1=C1C#CC#C1.CC[C@@H]1CC[C@@H](CC)[P+]1=C1C#CC#C1.[Fe+2].[Rh]. The molecule has 2 heterocycles. The van der Waals surface area contributed by atoms with Crippen molar-refractivity contribution in [2.24, 2.45) is 0 Å². The van der Waals surface area contributed by atoms with Crippen LogP contribution in [-0.4, -0.2) is 33.2 Å². The molecule has 4 heteroatoms. The molecule has 0 aromatic heterocycles. The number of rotatable bonds is 4. The Bertz CT molecular complexity index is 1060. The summed E-state index contributed by atoms with van der Waals surface area (Å²) in [5, 5.41) is 2.60. The fourth-order valence-electron chi connectivity index (χ4n) is 5.54. The molecular formula is C34H40FeP2Rh+4. The maximum Gasteiger partial charge on any atom is 2.00 e. The van der Waals surface area contributed by atoms with E-state index < -0.39 is 0 Å². The van der Waals surface area contributed by atoms with Gasteiger partial charge in [0.15, 0.2) is 0 Å². The fourth-order valence-corrected chi connectivity index (χ4v) is 12.2. The second-order valence-electron chi connectivity index (χ2n) is 9.62. The molecule has 0 aromatic carbocycles. The molecule has 199 valence electrons. The molecular weight excluding hydrogens is 629 g/mol. The summed E-state index contributed by atoms with van der Waals surface area (Å²) in [5.41, 5.74) is 3.64. The first-order valence-corrected chi connectivity index (χ1v) is 16.9. The van der Waals surface area contributed by atoms with Gasteiger partial charge >= 0.3 is 17.1 Å². The van der Waals surface area contributed by atoms with E-state index in [-0.39, 0.29) is 51.6 Å². The molecule has 0 amide bonds. The molecule has 0 bridgehead atoms. The smallest absolute Gasteiger partial charge is 0.102 e. The zero-order valence-electron chi connectivity index (χ0n) is 23.4. The maximum absolute atomic E-state index is 3.20. The first kappa shape index (κ1) is 34.9. The van der Waals surface area contributed by atoms with E-state index >= 15 is 0 Å². The second kappa shape index (κ2) is 19.8. The molecule has 0 N–H and O–H groups in total. The van der Waals surface area contributed by atoms with Gasteiger partial charge in [-0.05, 0) is 75.0 Å². The van der Waals surface area contributed by atoms with Gasteiger partial charge in [-0.25, -0.2) is 0 Å². The third-order valence-electron chi connectivity index (χ3n) is 7.49. The van der Waals surface area contributed by atoms with Crippen molar-refractivity contribution in [1.29, 1.82) is 0 Å². The van der Waals surface area contributed by atoms with E-state index in [4.69, 9.17) is 0 Å². The molecule has 38 heavy (non-hydrogen) atoms. The molecule has 0 saturated carbocycles. The van der Waals surface area contributed by atoms with Crippen LogP contribution in [0, 0.1) is 71.0 Å². The van der Waals surface area contributed by atoms with Crippen molar-refractivity contribution >= 4 is 25.7 Å². The van der Waals surface area contributed by atoms with Crippen LogP contribution in [-0.2, 0) is 36.5 Å². The Balaban J connectivity index is 0.000000288. The Labute approximate surface area is 259 Å². The molecule has 0 aromatic rings. The Morgan fingerprint density at radius 2 is 0.737 bits per heavy atom. The van der Waals surface area contributed by atoms with Gasteiger partial charge in [0.1, 0.15) is 37.7 Å². The summed E-state index contributed by atoms with van der Waals surface area (Å²) in [4.78, 5) is 0. The van der Waals surface area contributed by atoms with Crippen LogP contribution in [0.25, 0.3) is 0 Å². The predicted molar refractivity (Wildman–Crippen MR) is 164 cm³/mol. The van der Waals surface area contributed by atoms with Gasteiger partial charge < -0.3 is 0 Å². The van der Waals surface area contributed by atoms with Crippen molar-refractivity contribution in [3.8, 4) is 71.0 Å². The van der Waals surface area contributed by atoms with Crippen LogP contribution < -0.4 is 0 Å². The summed E-state index contributed by atoms with van der Waals surface area (Å²) in [6, 6.07) is 0. The Morgan fingerprint density at radius 1 is 0.500 bits per heavy atom. The minimum atomic E-state index is -0.00386. The average molecular weight is 669 g/mol. The van der Waals surface area contributed by atoms with Gasteiger partial charge in [0, 0.05) is 68.8 Å². The van der Waals surface area contributed by atoms with E-state index in [1.807, 2.05) is 0 Å². The Hall–Kier alpha value is -1.16. The molecule has 2 fully saturated rings. The molecule has 3 aliphatic carbocycles. The van der Waals surface area contributed by atoms with Gasteiger partial charge in [0.05, 0.1) is 0 Å². The Kier molecular flexibility index (Phi) is 18.2. The molecule has 2 saturated heterocycles.